The van der Waals surface area contributed by atoms with Crippen LogP contribution in [0.25, 0.3) is 6.08 Å². The quantitative estimate of drug-likeness (QED) is 0.852. The minimum Gasteiger partial charge on any atom is -0.351 e. The summed E-state index contributed by atoms with van der Waals surface area (Å²) in [5, 5.41) is 2.02. The SMILES string of the molecule is Cn1cccc1/C=C1/SC(=O)N(CC(=O)Nc2ccc(F)cc2)C1=O. The summed E-state index contributed by atoms with van der Waals surface area (Å²) in [6.07, 6.45) is 3.44. The number of rotatable bonds is 4. The first-order chi connectivity index (χ1) is 11.9. The molecule has 6 nitrogen and oxygen atoms in total. The minimum absolute atomic E-state index is 0.265. The van der Waals surface area contributed by atoms with Crippen molar-refractivity contribution in [1.29, 1.82) is 0 Å². The van der Waals surface area contributed by atoms with Crippen molar-refractivity contribution >= 4 is 40.6 Å². The number of hydrogen-bond donors (Lipinski definition) is 1. The van der Waals surface area contributed by atoms with Crippen LogP contribution in [0.5, 0.6) is 0 Å². The van der Waals surface area contributed by atoms with E-state index in [1.807, 2.05) is 29.9 Å². The number of imide groups is 1. The van der Waals surface area contributed by atoms with Crippen molar-refractivity contribution in [2.75, 3.05) is 11.9 Å². The summed E-state index contributed by atoms with van der Waals surface area (Å²) >= 11 is 0.795. The maximum Gasteiger partial charge on any atom is 0.294 e. The normalized spacial score (nSPS) is 15.9. The highest BCUT2D eigenvalue weighted by Crippen LogP contribution is 2.32. The van der Waals surface area contributed by atoms with E-state index < -0.39 is 29.4 Å². The Kier molecular flexibility index (Phi) is 4.71. The molecule has 2 heterocycles. The second-order valence-electron chi connectivity index (χ2n) is 5.37. The topological polar surface area (TPSA) is 71.4 Å². The molecule has 0 unspecified atom stereocenters. The Bertz CT molecular complexity index is 874. The third-order valence-electron chi connectivity index (χ3n) is 3.57. The molecule has 128 valence electrons. The van der Waals surface area contributed by atoms with Crippen LogP contribution in [0.3, 0.4) is 0 Å². The number of halogens is 1. The lowest BCUT2D eigenvalue weighted by molar-refractivity contribution is -0.127. The fourth-order valence-corrected chi connectivity index (χ4v) is 3.10. The highest BCUT2D eigenvalue weighted by atomic mass is 32.2. The summed E-state index contributed by atoms with van der Waals surface area (Å²) in [5.41, 5.74) is 1.17. The number of thioether (sulfide) groups is 1. The smallest absolute Gasteiger partial charge is 0.294 e. The third-order valence-corrected chi connectivity index (χ3v) is 4.47. The molecule has 0 atom stereocenters. The van der Waals surface area contributed by atoms with Crippen LogP contribution in [-0.4, -0.2) is 33.1 Å². The number of hydrogen-bond acceptors (Lipinski definition) is 4. The Balaban J connectivity index is 1.68. The lowest BCUT2D eigenvalue weighted by Crippen LogP contribution is -2.36. The molecule has 3 amide bonds. The Labute approximate surface area is 147 Å². The van der Waals surface area contributed by atoms with Gasteiger partial charge in [0.15, 0.2) is 0 Å². The molecule has 1 aromatic carbocycles. The van der Waals surface area contributed by atoms with Gasteiger partial charge in [0.25, 0.3) is 11.1 Å². The van der Waals surface area contributed by atoms with Gasteiger partial charge in [-0.1, -0.05) is 0 Å². The largest absolute Gasteiger partial charge is 0.351 e. The second-order valence-corrected chi connectivity index (χ2v) is 6.36. The van der Waals surface area contributed by atoms with Crippen molar-refractivity contribution in [1.82, 2.24) is 9.47 Å². The number of carbonyl (C=O) groups excluding carboxylic acids is 3. The zero-order chi connectivity index (χ0) is 18.0. The molecule has 1 aliphatic rings. The van der Waals surface area contributed by atoms with Crippen LogP contribution in [0.15, 0.2) is 47.5 Å². The molecule has 0 spiro atoms. The molecule has 1 N–H and O–H groups in total. The molecule has 1 aromatic heterocycles. The van der Waals surface area contributed by atoms with Gasteiger partial charge in [0.05, 0.1) is 4.91 Å². The van der Waals surface area contributed by atoms with E-state index in [0.717, 1.165) is 22.4 Å². The fraction of sp³-hybridized carbons (Fsp3) is 0.118. The van der Waals surface area contributed by atoms with Gasteiger partial charge in [-0.05, 0) is 54.2 Å². The van der Waals surface area contributed by atoms with Crippen LogP contribution in [0, 0.1) is 5.82 Å². The fourth-order valence-electron chi connectivity index (χ4n) is 2.27. The van der Waals surface area contributed by atoms with Gasteiger partial charge in [-0.15, -0.1) is 0 Å². The van der Waals surface area contributed by atoms with E-state index in [4.69, 9.17) is 0 Å². The van der Waals surface area contributed by atoms with Crippen molar-refractivity contribution in [3.05, 3.63) is 59.0 Å². The Morgan fingerprint density at radius 1 is 1.24 bits per heavy atom. The number of nitrogens with zero attached hydrogens (tertiary/aromatic N) is 2. The molecule has 1 fully saturated rings. The van der Waals surface area contributed by atoms with Gasteiger partial charge in [0, 0.05) is 24.6 Å². The van der Waals surface area contributed by atoms with E-state index in [2.05, 4.69) is 5.32 Å². The number of aromatic nitrogens is 1. The zero-order valence-electron chi connectivity index (χ0n) is 13.2. The van der Waals surface area contributed by atoms with Gasteiger partial charge < -0.3 is 9.88 Å². The van der Waals surface area contributed by atoms with Gasteiger partial charge in [-0.25, -0.2) is 4.39 Å². The van der Waals surface area contributed by atoms with Crippen molar-refractivity contribution < 1.29 is 18.8 Å². The molecule has 2 aromatic rings. The molecule has 1 aliphatic heterocycles. The number of carbonyl (C=O) groups is 3. The molecule has 8 heteroatoms. The van der Waals surface area contributed by atoms with E-state index in [0.29, 0.717) is 5.69 Å². The van der Waals surface area contributed by atoms with Gasteiger partial charge in [-0.2, -0.15) is 0 Å². The van der Waals surface area contributed by atoms with Crippen molar-refractivity contribution in [2.24, 2.45) is 7.05 Å². The Morgan fingerprint density at radius 3 is 2.60 bits per heavy atom. The van der Waals surface area contributed by atoms with Crippen LogP contribution in [0.2, 0.25) is 0 Å². The molecular formula is C17H14FN3O3S. The lowest BCUT2D eigenvalue weighted by atomic mass is 10.3. The number of amides is 3. The molecular weight excluding hydrogens is 345 g/mol. The molecule has 0 bridgehead atoms. The van der Waals surface area contributed by atoms with Crippen LogP contribution in [0.1, 0.15) is 5.69 Å². The van der Waals surface area contributed by atoms with Gasteiger partial charge in [-0.3, -0.25) is 19.3 Å². The van der Waals surface area contributed by atoms with Crippen molar-refractivity contribution in [3.63, 3.8) is 0 Å². The summed E-state index contributed by atoms with van der Waals surface area (Å²) in [6.45, 7) is -0.396. The molecule has 3 rings (SSSR count). The van der Waals surface area contributed by atoms with E-state index >= 15 is 0 Å². The lowest BCUT2D eigenvalue weighted by Gasteiger charge is -2.12. The van der Waals surface area contributed by atoms with Gasteiger partial charge in [0.1, 0.15) is 12.4 Å². The predicted molar refractivity (Wildman–Crippen MR) is 93.1 cm³/mol. The molecule has 0 saturated carbocycles. The summed E-state index contributed by atoms with van der Waals surface area (Å²) < 4.78 is 14.7. The van der Waals surface area contributed by atoms with E-state index in [1.54, 1.807) is 6.08 Å². The van der Waals surface area contributed by atoms with Crippen LogP contribution in [0.4, 0.5) is 14.9 Å². The highest BCUT2D eigenvalue weighted by Gasteiger charge is 2.36. The van der Waals surface area contributed by atoms with Crippen LogP contribution < -0.4 is 5.32 Å². The first-order valence-electron chi connectivity index (χ1n) is 7.36. The number of anilines is 1. The maximum atomic E-state index is 12.9. The first-order valence-corrected chi connectivity index (χ1v) is 8.18. The van der Waals surface area contributed by atoms with Gasteiger partial charge >= 0.3 is 0 Å². The summed E-state index contributed by atoms with van der Waals surface area (Å²) in [6, 6.07) is 8.85. The van der Waals surface area contributed by atoms with E-state index in [1.165, 1.54) is 24.3 Å². The third kappa shape index (κ3) is 3.80. The number of nitrogens with one attached hydrogen (secondary N) is 1. The zero-order valence-corrected chi connectivity index (χ0v) is 14.0. The standard InChI is InChI=1S/C17H14FN3O3S/c1-20-8-2-3-13(20)9-14-16(23)21(17(24)25-14)10-15(22)19-12-6-4-11(18)5-7-12/h2-9H,10H2,1H3,(H,19,22)/b14-9+. The van der Waals surface area contributed by atoms with E-state index in [-0.39, 0.29) is 4.91 Å². The second kappa shape index (κ2) is 6.94. The predicted octanol–water partition coefficient (Wildman–Crippen LogP) is 2.84. The van der Waals surface area contributed by atoms with Gasteiger partial charge in [0.2, 0.25) is 5.91 Å². The summed E-state index contributed by atoms with van der Waals surface area (Å²) in [4.78, 5) is 37.6. The van der Waals surface area contributed by atoms with Crippen molar-refractivity contribution in [2.45, 2.75) is 0 Å². The molecule has 1 saturated heterocycles. The minimum atomic E-state index is -0.533. The first kappa shape index (κ1) is 17.0. The molecule has 0 aliphatic carbocycles. The summed E-state index contributed by atoms with van der Waals surface area (Å²) in [5.74, 6) is -1.46. The van der Waals surface area contributed by atoms with Crippen LogP contribution >= 0.6 is 11.8 Å². The number of aryl methyl sites for hydroxylation is 1. The maximum absolute atomic E-state index is 12.9. The molecule has 0 radical (unpaired) electrons. The van der Waals surface area contributed by atoms with Crippen molar-refractivity contribution in [3.8, 4) is 0 Å². The highest BCUT2D eigenvalue weighted by molar-refractivity contribution is 8.18. The van der Waals surface area contributed by atoms with Crippen LogP contribution in [-0.2, 0) is 16.6 Å². The Morgan fingerprint density at radius 2 is 1.96 bits per heavy atom. The average molecular weight is 359 g/mol. The Hall–Kier alpha value is -2.87. The van der Waals surface area contributed by atoms with E-state index in [9.17, 15) is 18.8 Å². The number of benzene rings is 1. The molecule has 25 heavy (non-hydrogen) atoms. The monoisotopic (exact) mass is 359 g/mol. The average Bonchev–Trinajstić information content (AvgIpc) is 3.08. The summed E-state index contributed by atoms with van der Waals surface area (Å²) in [7, 11) is 1.83.